The van der Waals surface area contributed by atoms with Crippen LogP contribution >= 0.6 is 11.8 Å². The summed E-state index contributed by atoms with van der Waals surface area (Å²) in [6.07, 6.45) is 0. The van der Waals surface area contributed by atoms with Crippen LogP contribution in [0.2, 0.25) is 0 Å². The highest BCUT2D eigenvalue weighted by molar-refractivity contribution is 7.99. The van der Waals surface area contributed by atoms with Crippen molar-refractivity contribution in [2.75, 3.05) is 12.9 Å². The molecule has 6 heteroatoms. The molecule has 2 aromatic rings. The van der Waals surface area contributed by atoms with Gasteiger partial charge in [0.25, 0.3) is 0 Å². The summed E-state index contributed by atoms with van der Waals surface area (Å²) in [5, 5.41) is 9.23. The van der Waals surface area contributed by atoms with E-state index in [9.17, 15) is 4.79 Å². The average Bonchev–Trinajstić information content (AvgIpc) is 2.95. The van der Waals surface area contributed by atoms with Gasteiger partial charge in [0.15, 0.2) is 10.9 Å². The normalized spacial score (nSPS) is 11.0. The van der Waals surface area contributed by atoms with E-state index in [1.54, 1.807) is 31.4 Å². The van der Waals surface area contributed by atoms with Gasteiger partial charge in [0.1, 0.15) is 11.6 Å². The van der Waals surface area contributed by atoms with Crippen LogP contribution < -0.4 is 4.74 Å². The summed E-state index contributed by atoms with van der Waals surface area (Å²) in [5.41, 5.74) is 0.681. The lowest BCUT2D eigenvalue weighted by molar-refractivity contribution is 0.102. The molecule has 0 aliphatic rings. The molecule has 0 bridgehead atoms. The van der Waals surface area contributed by atoms with Gasteiger partial charge in [0, 0.05) is 18.0 Å². The van der Waals surface area contributed by atoms with Crippen molar-refractivity contribution in [3.8, 4) is 5.75 Å². The Bertz CT molecular complexity index is 635. The van der Waals surface area contributed by atoms with Crippen molar-refractivity contribution in [3.05, 3.63) is 35.7 Å². The van der Waals surface area contributed by atoms with Crippen molar-refractivity contribution in [2.45, 2.75) is 38.4 Å². The lowest BCUT2D eigenvalue weighted by Gasteiger charge is -2.09. The number of Topliss-reactive ketones (excluding diaryl/α,β-unsaturated/α-hetero) is 1. The van der Waals surface area contributed by atoms with Crippen LogP contribution in [0.5, 0.6) is 5.75 Å². The first kappa shape index (κ1) is 16.5. The van der Waals surface area contributed by atoms with E-state index in [0.29, 0.717) is 17.2 Å². The summed E-state index contributed by atoms with van der Waals surface area (Å²) in [6.45, 7) is 7.05. The number of methoxy groups -OCH3 is 1. The second kappa shape index (κ2) is 7.45. The van der Waals surface area contributed by atoms with Crippen LogP contribution in [0.15, 0.2) is 29.4 Å². The summed E-state index contributed by atoms with van der Waals surface area (Å²) < 4.78 is 7.16. The second-order valence-electron chi connectivity index (χ2n) is 5.18. The predicted molar refractivity (Wildman–Crippen MR) is 87.8 cm³/mol. The van der Waals surface area contributed by atoms with Gasteiger partial charge in [0.05, 0.1) is 12.9 Å². The molecule has 0 atom stereocenters. The zero-order chi connectivity index (χ0) is 16.1. The smallest absolute Gasteiger partial charge is 0.191 e. The Balaban J connectivity index is 2.04. The van der Waals surface area contributed by atoms with E-state index in [1.165, 1.54) is 11.8 Å². The van der Waals surface area contributed by atoms with Crippen LogP contribution in [0, 0.1) is 0 Å². The van der Waals surface area contributed by atoms with Crippen LogP contribution in [-0.2, 0) is 6.54 Å². The number of benzene rings is 1. The van der Waals surface area contributed by atoms with Gasteiger partial charge in [-0.1, -0.05) is 25.6 Å². The number of hydrogen-bond acceptors (Lipinski definition) is 5. The molecule has 0 N–H and O–H groups in total. The van der Waals surface area contributed by atoms with Crippen molar-refractivity contribution in [1.82, 2.24) is 14.8 Å². The Labute approximate surface area is 135 Å². The van der Waals surface area contributed by atoms with Crippen LogP contribution in [0.4, 0.5) is 0 Å². The number of rotatable bonds is 7. The van der Waals surface area contributed by atoms with Crippen molar-refractivity contribution in [3.63, 3.8) is 0 Å². The lowest BCUT2D eigenvalue weighted by atomic mass is 10.1. The first-order chi connectivity index (χ1) is 10.6. The molecule has 0 saturated heterocycles. The zero-order valence-electron chi connectivity index (χ0n) is 13.4. The fourth-order valence-electron chi connectivity index (χ4n) is 2.12. The standard InChI is InChI=1S/C16H21N3O2S/c1-5-19-15(11(2)3)17-18-16(19)22-10-14(20)12-6-8-13(21-4)9-7-12/h6-9,11H,5,10H2,1-4H3. The molecule has 0 aliphatic carbocycles. The number of carbonyl (C=O) groups excluding carboxylic acids is 1. The summed E-state index contributed by atoms with van der Waals surface area (Å²) in [6, 6.07) is 7.16. The summed E-state index contributed by atoms with van der Waals surface area (Å²) >= 11 is 1.43. The third kappa shape index (κ3) is 3.68. The molecule has 2 rings (SSSR count). The molecule has 0 fully saturated rings. The minimum atomic E-state index is 0.0735. The summed E-state index contributed by atoms with van der Waals surface area (Å²) in [5.74, 6) is 2.45. The first-order valence-electron chi connectivity index (χ1n) is 7.30. The highest BCUT2D eigenvalue weighted by atomic mass is 32.2. The molecule has 1 aromatic carbocycles. The van der Waals surface area contributed by atoms with E-state index in [-0.39, 0.29) is 5.78 Å². The number of ether oxygens (including phenoxy) is 1. The molecule has 118 valence electrons. The molecule has 22 heavy (non-hydrogen) atoms. The van der Waals surface area contributed by atoms with E-state index in [4.69, 9.17) is 4.74 Å². The maximum atomic E-state index is 12.2. The number of carbonyl (C=O) groups is 1. The highest BCUT2D eigenvalue weighted by Crippen LogP contribution is 2.22. The van der Waals surface area contributed by atoms with E-state index in [2.05, 4.69) is 35.5 Å². The Morgan fingerprint density at radius 1 is 1.27 bits per heavy atom. The van der Waals surface area contributed by atoms with E-state index in [1.807, 2.05) is 0 Å². The largest absolute Gasteiger partial charge is 0.497 e. The van der Waals surface area contributed by atoms with Gasteiger partial charge in [0.2, 0.25) is 0 Å². The van der Waals surface area contributed by atoms with E-state index in [0.717, 1.165) is 23.3 Å². The van der Waals surface area contributed by atoms with Crippen LogP contribution in [-0.4, -0.2) is 33.4 Å². The van der Waals surface area contributed by atoms with E-state index < -0.39 is 0 Å². The van der Waals surface area contributed by atoms with Gasteiger partial charge in [-0.2, -0.15) is 0 Å². The van der Waals surface area contributed by atoms with Crippen molar-refractivity contribution in [2.24, 2.45) is 0 Å². The summed E-state index contributed by atoms with van der Waals surface area (Å²) in [4.78, 5) is 12.2. The van der Waals surface area contributed by atoms with Gasteiger partial charge in [-0.15, -0.1) is 10.2 Å². The third-order valence-electron chi connectivity index (χ3n) is 3.32. The minimum Gasteiger partial charge on any atom is -0.497 e. The SMILES string of the molecule is CCn1c(SCC(=O)c2ccc(OC)cc2)nnc1C(C)C. The number of thioether (sulfide) groups is 1. The van der Waals surface area contributed by atoms with Gasteiger partial charge in [-0.3, -0.25) is 4.79 Å². The van der Waals surface area contributed by atoms with Crippen molar-refractivity contribution in [1.29, 1.82) is 0 Å². The number of hydrogen-bond donors (Lipinski definition) is 0. The molecule has 5 nitrogen and oxygen atoms in total. The number of aromatic nitrogens is 3. The van der Waals surface area contributed by atoms with Gasteiger partial charge in [-0.25, -0.2) is 0 Å². The molecule has 1 aromatic heterocycles. The molecule has 0 radical (unpaired) electrons. The third-order valence-corrected chi connectivity index (χ3v) is 4.29. The predicted octanol–water partition coefficient (Wildman–Crippen LogP) is 3.41. The second-order valence-corrected chi connectivity index (χ2v) is 6.12. The average molecular weight is 319 g/mol. The molecule has 1 heterocycles. The first-order valence-corrected chi connectivity index (χ1v) is 8.28. The van der Waals surface area contributed by atoms with E-state index >= 15 is 0 Å². The molecule has 0 unspecified atom stereocenters. The van der Waals surface area contributed by atoms with Crippen molar-refractivity contribution < 1.29 is 9.53 Å². The molecule has 0 spiro atoms. The van der Waals surface area contributed by atoms with Crippen LogP contribution in [0.25, 0.3) is 0 Å². The Hall–Kier alpha value is -1.82. The quantitative estimate of drug-likeness (QED) is 0.578. The molecular formula is C16H21N3O2S. The number of nitrogens with zero attached hydrogens (tertiary/aromatic N) is 3. The molecular weight excluding hydrogens is 298 g/mol. The molecule has 0 aliphatic heterocycles. The summed E-state index contributed by atoms with van der Waals surface area (Å²) in [7, 11) is 1.61. The maximum absolute atomic E-state index is 12.2. The fourth-order valence-corrected chi connectivity index (χ4v) is 3.03. The Morgan fingerprint density at radius 2 is 1.95 bits per heavy atom. The minimum absolute atomic E-state index is 0.0735. The monoisotopic (exact) mass is 319 g/mol. The highest BCUT2D eigenvalue weighted by Gasteiger charge is 2.15. The Kier molecular flexibility index (Phi) is 5.60. The Morgan fingerprint density at radius 3 is 2.50 bits per heavy atom. The van der Waals surface area contributed by atoms with Gasteiger partial charge in [-0.05, 0) is 31.2 Å². The van der Waals surface area contributed by atoms with Crippen molar-refractivity contribution >= 4 is 17.5 Å². The molecule has 0 saturated carbocycles. The maximum Gasteiger partial charge on any atom is 0.191 e. The lowest BCUT2D eigenvalue weighted by Crippen LogP contribution is -2.07. The van der Waals surface area contributed by atoms with Crippen LogP contribution in [0.3, 0.4) is 0 Å². The fraction of sp³-hybridized carbons (Fsp3) is 0.438. The van der Waals surface area contributed by atoms with Gasteiger partial charge >= 0.3 is 0 Å². The molecule has 0 amide bonds. The number of ketones is 1. The van der Waals surface area contributed by atoms with Gasteiger partial charge < -0.3 is 9.30 Å². The topological polar surface area (TPSA) is 57.0 Å². The van der Waals surface area contributed by atoms with Crippen LogP contribution in [0.1, 0.15) is 42.9 Å². The zero-order valence-corrected chi connectivity index (χ0v) is 14.2.